The van der Waals surface area contributed by atoms with Gasteiger partial charge >= 0.3 is 11.7 Å². The first-order valence-electron chi connectivity index (χ1n) is 7.08. The lowest BCUT2D eigenvalue weighted by atomic mass is 10.0. The van der Waals surface area contributed by atoms with Gasteiger partial charge in [0, 0.05) is 13.6 Å². The summed E-state index contributed by atoms with van der Waals surface area (Å²) in [6.45, 7) is 4.27. The van der Waals surface area contributed by atoms with Gasteiger partial charge < -0.3 is 10.0 Å². The fourth-order valence-corrected chi connectivity index (χ4v) is 3.03. The van der Waals surface area contributed by atoms with Gasteiger partial charge in [-0.05, 0) is 18.8 Å². The van der Waals surface area contributed by atoms with Crippen molar-refractivity contribution in [3.63, 3.8) is 0 Å². The van der Waals surface area contributed by atoms with Crippen molar-refractivity contribution in [2.45, 2.75) is 39.2 Å². The summed E-state index contributed by atoms with van der Waals surface area (Å²) in [6, 6.07) is -0.742. The Bertz CT molecular complexity index is 569. The van der Waals surface area contributed by atoms with Crippen molar-refractivity contribution in [2.75, 3.05) is 11.4 Å². The van der Waals surface area contributed by atoms with Crippen LogP contribution in [0.1, 0.15) is 32.4 Å². The molecule has 0 aromatic carbocycles. The molecule has 8 heteroatoms. The van der Waals surface area contributed by atoms with Crippen LogP contribution < -0.4 is 4.90 Å². The average Bonchev–Trinajstić information content (AvgIpc) is 2.90. The highest BCUT2D eigenvalue weighted by atomic mass is 16.6. The molecule has 1 fully saturated rings. The summed E-state index contributed by atoms with van der Waals surface area (Å²) in [5, 5.41) is 25.1. The molecule has 0 amide bonds. The van der Waals surface area contributed by atoms with Gasteiger partial charge in [0.25, 0.3) is 0 Å². The van der Waals surface area contributed by atoms with Gasteiger partial charge in [0.15, 0.2) is 0 Å². The lowest BCUT2D eigenvalue weighted by molar-refractivity contribution is -0.384. The average molecular weight is 296 g/mol. The third kappa shape index (κ3) is 2.57. The number of nitrogens with zero attached hydrogens (tertiary/aromatic N) is 4. The van der Waals surface area contributed by atoms with E-state index in [0.717, 1.165) is 6.42 Å². The molecule has 1 aliphatic heterocycles. The molecule has 8 nitrogen and oxygen atoms in total. The molecule has 0 aliphatic carbocycles. The predicted molar refractivity (Wildman–Crippen MR) is 76.4 cm³/mol. The number of carboxylic acid groups (broad SMARTS) is 1. The molecule has 1 saturated heterocycles. The highest BCUT2D eigenvalue weighted by Crippen LogP contribution is 2.38. The number of aromatic nitrogens is 2. The summed E-state index contributed by atoms with van der Waals surface area (Å²) in [5.74, 6) is -0.695. The zero-order chi connectivity index (χ0) is 15.7. The molecule has 1 aromatic heterocycles. The van der Waals surface area contributed by atoms with E-state index < -0.39 is 16.9 Å². The molecule has 2 heterocycles. The number of aryl methyl sites for hydroxylation is 2. The van der Waals surface area contributed by atoms with Gasteiger partial charge in [0.1, 0.15) is 11.7 Å². The van der Waals surface area contributed by atoms with Crippen LogP contribution in [0.5, 0.6) is 0 Å². The van der Waals surface area contributed by atoms with E-state index in [1.54, 1.807) is 11.9 Å². The molecular weight excluding hydrogens is 276 g/mol. The Morgan fingerprint density at radius 3 is 2.76 bits per heavy atom. The lowest BCUT2D eigenvalue weighted by Crippen LogP contribution is -2.40. The topological polar surface area (TPSA) is 102 Å². The van der Waals surface area contributed by atoms with Gasteiger partial charge in [-0.2, -0.15) is 5.10 Å². The number of carboxylic acids is 1. The maximum atomic E-state index is 11.5. The van der Waals surface area contributed by atoms with Gasteiger partial charge in [-0.1, -0.05) is 20.3 Å². The summed E-state index contributed by atoms with van der Waals surface area (Å²) in [6.07, 6.45) is 1.95. The summed E-state index contributed by atoms with van der Waals surface area (Å²) in [4.78, 5) is 24.1. The van der Waals surface area contributed by atoms with E-state index in [-0.39, 0.29) is 11.6 Å². The van der Waals surface area contributed by atoms with Crippen LogP contribution in [-0.4, -0.2) is 38.4 Å². The number of carbonyl (C=O) groups is 1. The molecule has 2 atom stereocenters. The van der Waals surface area contributed by atoms with Gasteiger partial charge in [-0.25, -0.2) is 9.48 Å². The van der Waals surface area contributed by atoms with Crippen LogP contribution in [0.3, 0.4) is 0 Å². The molecule has 0 radical (unpaired) electrons. The molecule has 0 bridgehead atoms. The number of nitro groups is 1. The van der Waals surface area contributed by atoms with Crippen LogP contribution in [0.2, 0.25) is 0 Å². The van der Waals surface area contributed by atoms with Gasteiger partial charge in [0.05, 0.1) is 4.92 Å². The number of anilines is 1. The maximum Gasteiger partial charge on any atom is 0.334 e. The molecule has 0 spiro atoms. The van der Waals surface area contributed by atoms with Crippen LogP contribution in [0.25, 0.3) is 0 Å². The molecule has 0 saturated carbocycles. The molecule has 1 aromatic rings. The second-order valence-corrected chi connectivity index (χ2v) is 5.49. The minimum atomic E-state index is -0.951. The maximum absolute atomic E-state index is 11.5. The van der Waals surface area contributed by atoms with Crippen LogP contribution >= 0.6 is 0 Å². The first-order valence-corrected chi connectivity index (χ1v) is 7.08. The van der Waals surface area contributed by atoms with E-state index in [1.807, 2.05) is 13.8 Å². The Labute approximate surface area is 122 Å². The second-order valence-electron chi connectivity index (χ2n) is 5.49. The third-order valence-corrected chi connectivity index (χ3v) is 3.96. The molecule has 21 heavy (non-hydrogen) atoms. The van der Waals surface area contributed by atoms with E-state index >= 15 is 0 Å². The summed E-state index contributed by atoms with van der Waals surface area (Å²) in [5.41, 5.74) is 0.364. The Kier molecular flexibility index (Phi) is 4.15. The van der Waals surface area contributed by atoms with E-state index in [4.69, 9.17) is 0 Å². The Morgan fingerprint density at radius 1 is 1.57 bits per heavy atom. The van der Waals surface area contributed by atoms with Crippen molar-refractivity contribution in [2.24, 2.45) is 13.0 Å². The highest BCUT2D eigenvalue weighted by Gasteiger charge is 2.42. The third-order valence-electron chi connectivity index (χ3n) is 3.96. The van der Waals surface area contributed by atoms with Crippen molar-refractivity contribution in [1.29, 1.82) is 0 Å². The number of hydrogen-bond donors (Lipinski definition) is 1. The monoisotopic (exact) mass is 296 g/mol. The Morgan fingerprint density at radius 2 is 2.24 bits per heavy atom. The summed E-state index contributed by atoms with van der Waals surface area (Å²) < 4.78 is 1.44. The van der Waals surface area contributed by atoms with Crippen molar-refractivity contribution in [3.05, 3.63) is 15.8 Å². The minimum Gasteiger partial charge on any atom is -0.480 e. The molecule has 2 unspecified atom stereocenters. The number of rotatable bonds is 5. The van der Waals surface area contributed by atoms with Crippen LogP contribution in [-0.2, 0) is 18.3 Å². The summed E-state index contributed by atoms with van der Waals surface area (Å²) >= 11 is 0. The SMILES string of the molecule is CCCc1nn(C)c(N2CCC(C)C2C(=O)O)c1[N+](=O)[O-]. The first kappa shape index (κ1) is 15.3. The fraction of sp³-hybridized carbons (Fsp3) is 0.692. The highest BCUT2D eigenvalue weighted by molar-refractivity contribution is 5.80. The Hall–Kier alpha value is -2.12. The number of hydrogen-bond acceptors (Lipinski definition) is 5. The molecule has 1 aliphatic rings. The molecule has 116 valence electrons. The van der Waals surface area contributed by atoms with Gasteiger partial charge in [0.2, 0.25) is 5.82 Å². The van der Waals surface area contributed by atoms with Crippen molar-refractivity contribution in [3.8, 4) is 0 Å². The van der Waals surface area contributed by atoms with Gasteiger partial charge in [-0.3, -0.25) is 10.1 Å². The quantitative estimate of drug-likeness (QED) is 0.654. The standard InChI is InChI=1S/C13H20N4O4/c1-4-5-9-11(17(20)21)12(15(3)14-9)16-7-6-8(2)10(16)13(18)19/h8,10H,4-7H2,1-3H3,(H,18,19). The zero-order valence-corrected chi connectivity index (χ0v) is 12.4. The lowest BCUT2D eigenvalue weighted by Gasteiger charge is -2.24. The molecular formula is C13H20N4O4. The van der Waals surface area contributed by atoms with Crippen LogP contribution in [0, 0.1) is 16.0 Å². The largest absolute Gasteiger partial charge is 0.480 e. The smallest absolute Gasteiger partial charge is 0.334 e. The van der Waals surface area contributed by atoms with Crippen molar-refractivity contribution >= 4 is 17.5 Å². The van der Waals surface area contributed by atoms with E-state index in [2.05, 4.69) is 5.10 Å². The van der Waals surface area contributed by atoms with Crippen molar-refractivity contribution < 1.29 is 14.8 Å². The second kappa shape index (κ2) is 5.71. The predicted octanol–water partition coefficient (Wildman–Crippen LogP) is 1.58. The summed E-state index contributed by atoms with van der Waals surface area (Å²) in [7, 11) is 1.63. The number of aliphatic carboxylic acids is 1. The normalized spacial score (nSPS) is 21.8. The van der Waals surface area contributed by atoms with E-state index in [0.29, 0.717) is 30.9 Å². The van der Waals surface area contributed by atoms with E-state index in [1.165, 1.54) is 4.68 Å². The Balaban J connectivity index is 2.52. The fourth-order valence-electron chi connectivity index (χ4n) is 3.03. The van der Waals surface area contributed by atoms with Crippen molar-refractivity contribution in [1.82, 2.24) is 9.78 Å². The molecule has 1 N–H and O–H groups in total. The van der Waals surface area contributed by atoms with E-state index in [9.17, 15) is 20.0 Å². The van der Waals surface area contributed by atoms with Gasteiger partial charge in [-0.15, -0.1) is 0 Å². The van der Waals surface area contributed by atoms with Crippen LogP contribution in [0.4, 0.5) is 11.5 Å². The zero-order valence-electron chi connectivity index (χ0n) is 12.4. The van der Waals surface area contributed by atoms with Crippen LogP contribution in [0.15, 0.2) is 0 Å². The molecule has 2 rings (SSSR count). The first-order chi connectivity index (χ1) is 9.88. The minimum absolute atomic E-state index is 0.0494.